The zero-order valence-electron chi connectivity index (χ0n) is 42.9. The van der Waals surface area contributed by atoms with Crippen molar-refractivity contribution in [2.45, 2.75) is 93.2 Å². The number of nitrogens with zero attached hydrogens (tertiary/aromatic N) is 3. The summed E-state index contributed by atoms with van der Waals surface area (Å²) in [6.07, 6.45) is 0.469. The SMILES string of the molecule is [2H]C([2H])([2H])c1ccc2c(c1)sc1c[c-]c(-c3nc4ccccc4n3-c3c(C(C)C)cc(-c4ccccc4)cc3C(C)C)cc12.[2H]C([2H])(c1cc(-c2[c-]cccc2)ncc1[Si](C)(C)C)C(C)(C)C.[Ir]. The van der Waals surface area contributed by atoms with Gasteiger partial charge in [0.05, 0.1) is 24.9 Å². The van der Waals surface area contributed by atoms with Crippen LogP contribution >= 0.6 is 11.3 Å². The van der Waals surface area contributed by atoms with Gasteiger partial charge < -0.3 is 9.55 Å². The maximum atomic E-state index is 8.75. The molecule has 0 saturated heterocycles. The standard InChI is InChI=1S/C38H33N2S.C19H26NSi.Ir/c1-23(2)30-21-28(26-11-7-6-8-12-26)22-31(24(3)4)37(30)40-34-14-10-9-13-33(34)39-38(40)27-16-18-35-32(20-27)29-17-15-25(5)19-36(29)41-35;1-19(2,3)13-16-12-17(15-10-8-7-9-11-15)20-14-18(16)21(4,5)6;/h6-15,17-24H,1-5H3;7-10,12,14H,13H2,1-6H3;/q2*-1;/i5D3;13D2;. The number of benzene rings is 6. The topological polar surface area (TPSA) is 30.7 Å². The van der Waals surface area contributed by atoms with E-state index in [-0.39, 0.29) is 31.9 Å². The van der Waals surface area contributed by atoms with Gasteiger partial charge in [-0.2, -0.15) is 11.3 Å². The molecule has 9 rings (SSSR count). The fourth-order valence-electron chi connectivity index (χ4n) is 8.16. The molecular formula is C57H59IrN3SSi-2. The monoisotopic (exact) mass is 1040 g/mol. The van der Waals surface area contributed by atoms with Crippen LogP contribution < -0.4 is 5.19 Å². The number of aromatic nitrogens is 3. The molecule has 3 aromatic heterocycles. The summed E-state index contributed by atoms with van der Waals surface area (Å²) < 4.78 is 45.5. The molecule has 0 N–H and O–H groups in total. The Hall–Kier alpha value is -4.97. The van der Waals surface area contributed by atoms with Gasteiger partial charge in [-0.05, 0) is 110 Å². The number of pyridine rings is 1. The van der Waals surface area contributed by atoms with Crippen molar-refractivity contribution in [2.24, 2.45) is 5.41 Å². The van der Waals surface area contributed by atoms with Crippen LogP contribution in [0.15, 0.2) is 134 Å². The second-order valence-electron chi connectivity index (χ2n) is 18.9. The van der Waals surface area contributed by atoms with Gasteiger partial charge in [-0.15, -0.1) is 59.7 Å². The molecular weight excluding hydrogens is 979 g/mol. The van der Waals surface area contributed by atoms with Crippen molar-refractivity contribution < 1.29 is 27.0 Å². The fraction of sp³-hybridized carbons (Fsp3) is 0.263. The average Bonchev–Trinajstić information content (AvgIpc) is 3.86. The van der Waals surface area contributed by atoms with E-state index in [9.17, 15) is 0 Å². The van der Waals surface area contributed by atoms with Crippen LogP contribution in [0.1, 0.15) is 89.4 Å². The third-order valence-corrected chi connectivity index (χ3v) is 14.3. The molecule has 0 bridgehead atoms. The first-order valence-corrected chi connectivity index (χ1v) is 25.9. The Morgan fingerprint density at radius 3 is 2.10 bits per heavy atom. The molecule has 323 valence electrons. The molecule has 6 heteroatoms. The number of para-hydroxylation sites is 2. The Kier molecular flexibility index (Phi) is 11.7. The number of rotatable bonds is 8. The van der Waals surface area contributed by atoms with E-state index in [2.05, 4.69) is 136 Å². The first-order chi connectivity index (χ1) is 31.5. The molecule has 0 spiro atoms. The Balaban J connectivity index is 0.000000242. The minimum Gasteiger partial charge on any atom is -0.333 e. The minimum absolute atomic E-state index is 0. The predicted molar refractivity (Wildman–Crippen MR) is 271 cm³/mol. The van der Waals surface area contributed by atoms with Crippen LogP contribution in [0.2, 0.25) is 19.6 Å². The van der Waals surface area contributed by atoms with Crippen molar-refractivity contribution in [3.8, 4) is 39.5 Å². The van der Waals surface area contributed by atoms with Gasteiger partial charge in [-0.25, -0.2) is 0 Å². The van der Waals surface area contributed by atoms with Crippen LogP contribution in [0.3, 0.4) is 0 Å². The molecule has 9 aromatic rings. The molecule has 0 atom stereocenters. The normalized spacial score (nSPS) is 13.6. The van der Waals surface area contributed by atoms with E-state index in [1.165, 1.54) is 27.9 Å². The summed E-state index contributed by atoms with van der Waals surface area (Å²) in [5.41, 5.74) is 11.4. The molecule has 0 unspecified atom stereocenters. The number of hydrogen-bond acceptors (Lipinski definition) is 3. The van der Waals surface area contributed by atoms with Crippen molar-refractivity contribution in [3.63, 3.8) is 0 Å². The Labute approximate surface area is 401 Å². The van der Waals surface area contributed by atoms with Gasteiger partial charge in [0, 0.05) is 43.5 Å². The Morgan fingerprint density at radius 2 is 1.44 bits per heavy atom. The smallest absolute Gasteiger partial charge is 0.0798 e. The van der Waals surface area contributed by atoms with Crippen LogP contribution in [0.25, 0.3) is 70.7 Å². The van der Waals surface area contributed by atoms with Crippen molar-refractivity contribution in [3.05, 3.63) is 168 Å². The molecule has 6 aromatic carbocycles. The molecule has 0 aliphatic rings. The summed E-state index contributed by atoms with van der Waals surface area (Å²) in [4.78, 5) is 9.83. The Morgan fingerprint density at radius 1 is 0.746 bits per heavy atom. The van der Waals surface area contributed by atoms with Crippen LogP contribution in [0.4, 0.5) is 0 Å². The summed E-state index contributed by atoms with van der Waals surface area (Å²) in [6.45, 7) is 19.5. The van der Waals surface area contributed by atoms with E-state index >= 15 is 0 Å². The van der Waals surface area contributed by atoms with Gasteiger partial charge >= 0.3 is 0 Å². The molecule has 0 amide bonds. The van der Waals surface area contributed by atoms with Gasteiger partial charge in [0.1, 0.15) is 0 Å². The zero-order chi connectivity index (χ0) is 48.2. The first-order valence-electron chi connectivity index (χ1n) is 24.1. The molecule has 0 fully saturated rings. The summed E-state index contributed by atoms with van der Waals surface area (Å²) in [7, 11) is -1.70. The van der Waals surface area contributed by atoms with Crippen molar-refractivity contribution in [1.29, 1.82) is 0 Å². The predicted octanol–water partition coefficient (Wildman–Crippen LogP) is 15.8. The van der Waals surface area contributed by atoms with E-state index in [0.29, 0.717) is 5.56 Å². The fourth-order valence-corrected chi connectivity index (χ4v) is 10.7. The number of fused-ring (bicyclic) bond motifs is 4. The van der Waals surface area contributed by atoms with Crippen LogP contribution in [0, 0.1) is 24.4 Å². The number of aryl methyl sites for hydroxylation is 1. The second-order valence-corrected chi connectivity index (χ2v) is 25.0. The number of imidazole rings is 1. The average molecular weight is 1040 g/mol. The number of hydrogen-bond donors (Lipinski definition) is 0. The first kappa shape index (κ1) is 39.6. The van der Waals surface area contributed by atoms with E-state index in [1.54, 1.807) is 23.5 Å². The summed E-state index contributed by atoms with van der Waals surface area (Å²) in [5, 5.41) is 3.23. The summed E-state index contributed by atoms with van der Waals surface area (Å²) in [5.74, 6) is 1.41. The van der Waals surface area contributed by atoms with E-state index in [4.69, 9.17) is 11.8 Å². The van der Waals surface area contributed by atoms with Gasteiger partial charge in [0.25, 0.3) is 0 Å². The molecule has 0 saturated carbocycles. The quantitative estimate of drug-likeness (QED) is 0.112. The molecule has 3 heterocycles. The zero-order valence-corrected chi connectivity index (χ0v) is 42.2. The van der Waals surface area contributed by atoms with E-state index < -0.39 is 26.7 Å². The Bertz CT molecular complexity index is 3210. The van der Waals surface area contributed by atoms with Crippen LogP contribution in [-0.4, -0.2) is 22.6 Å². The van der Waals surface area contributed by atoms with Gasteiger partial charge in [0.15, 0.2) is 0 Å². The maximum Gasteiger partial charge on any atom is 0.0798 e. The van der Waals surface area contributed by atoms with Crippen LogP contribution in [-0.2, 0) is 26.5 Å². The van der Waals surface area contributed by atoms with Crippen molar-refractivity contribution >= 4 is 55.8 Å². The van der Waals surface area contributed by atoms with Crippen LogP contribution in [0.5, 0.6) is 0 Å². The molecule has 0 aliphatic heterocycles. The van der Waals surface area contributed by atoms with E-state index in [1.807, 2.05) is 75.5 Å². The summed E-state index contributed by atoms with van der Waals surface area (Å²) in [6, 6.07) is 49.7. The largest absolute Gasteiger partial charge is 0.333 e. The van der Waals surface area contributed by atoms with Crippen molar-refractivity contribution in [2.75, 3.05) is 0 Å². The van der Waals surface area contributed by atoms with Gasteiger partial charge in [-0.3, -0.25) is 4.98 Å². The van der Waals surface area contributed by atoms with Gasteiger partial charge in [0.2, 0.25) is 0 Å². The van der Waals surface area contributed by atoms with E-state index in [0.717, 1.165) is 64.6 Å². The number of thiophene rings is 1. The third-order valence-electron chi connectivity index (χ3n) is 11.2. The molecule has 3 nitrogen and oxygen atoms in total. The maximum absolute atomic E-state index is 8.75. The third kappa shape index (κ3) is 9.91. The minimum atomic E-state index is -2.13. The van der Waals surface area contributed by atoms with Gasteiger partial charge in [-0.1, -0.05) is 140 Å². The molecule has 63 heavy (non-hydrogen) atoms. The molecule has 1 radical (unpaired) electrons. The molecule has 0 aliphatic carbocycles. The van der Waals surface area contributed by atoms with Crippen molar-refractivity contribution in [1.82, 2.24) is 14.5 Å². The summed E-state index contributed by atoms with van der Waals surface area (Å²) >= 11 is 1.61. The second kappa shape index (κ2) is 18.6.